The molecule has 0 radical (unpaired) electrons. The zero-order chi connectivity index (χ0) is 31.1. The van der Waals surface area contributed by atoms with E-state index in [-0.39, 0.29) is 24.3 Å². The number of aliphatic hydroxyl groups excluding tert-OH is 1. The van der Waals surface area contributed by atoms with Gasteiger partial charge in [-0.15, -0.1) is 0 Å². The lowest BCUT2D eigenvalue weighted by Crippen LogP contribution is -2.57. The Kier molecular flexibility index (Phi) is 8.80. The van der Waals surface area contributed by atoms with Crippen LogP contribution in [0.15, 0.2) is 42.5 Å². The molecule has 3 amide bonds. The van der Waals surface area contributed by atoms with Gasteiger partial charge >= 0.3 is 0 Å². The summed E-state index contributed by atoms with van der Waals surface area (Å²) in [5, 5.41) is 16.9. The maximum Gasteiger partial charge on any atom is 0.250 e. The van der Waals surface area contributed by atoms with Gasteiger partial charge < -0.3 is 30.1 Å². The van der Waals surface area contributed by atoms with Gasteiger partial charge in [-0.1, -0.05) is 50.9 Å². The third kappa shape index (κ3) is 5.09. The van der Waals surface area contributed by atoms with Crippen molar-refractivity contribution in [3.8, 4) is 5.75 Å². The minimum atomic E-state index is -1.23. The molecule has 10 heteroatoms. The molecule has 2 aromatic carbocycles. The van der Waals surface area contributed by atoms with Crippen LogP contribution in [0.2, 0.25) is 5.02 Å². The molecule has 2 aromatic rings. The van der Waals surface area contributed by atoms with Gasteiger partial charge in [-0.2, -0.15) is 0 Å². The number of carbonyl (C=O) groups excluding carboxylic acids is 3. The third-order valence-electron chi connectivity index (χ3n) is 9.90. The van der Waals surface area contributed by atoms with E-state index in [2.05, 4.69) is 10.6 Å². The number of para-hydroxylation sites is 1. The molecule has 5 rings (SSSR count). The Labute approximate surface area is 258 Å². The average molecular weight is 612 g/mol. The van der Waals surface area contributed by atoms with Crippen molar-refractivity contribution in [2.24, 2.45) is 17.8 Å². The second-order valence-corrected chi connectivity index (χ2v) is 12.5. The van der Waals surface area contributed by atoms with E-state index >= 15 is 0 Å². The predicted octanol–water partition coefficient (Wildman–Crippen LogP) is 5.19. The molecule has 0 saturated carbocycles. The molecule has 0 aliphatic carbocycles. The summed E-state index contributed by atoms with van der Waals surface area (Å²) in [5.41, 5.74) is -0.302. The molecule has 7 atom stereocenters. The Morgan fingerprint density at radius 2 is 1.84 bits per heavy atom. The number of aryl methyl sites for hydroxylation is 1. The van der Waals surface area contributed by atoms with Crippen LogP contribution in [0.4, 0.5) is 11.4 Å². The zero-order valence-corrected chi connectivity index (χ0v) is 26.2. The maximum atomic E-state index is 14.6. The van der Waals surface area contributed by atoms with Gasteiger partial charge in [0, 0.05) is 5.69 Å². The smallest absolute Gasteiger partial charge is 0.250 e. The Balaban J connectivity index is 1.56. The van der Waals surface area contributed by atoms with Crippen LogP contribution in [-0.4, -0.2) is 64.2 Å². The molecular weight excluding hydrogens is 570 g/mol. The van der Waals surface area contributed by atoms with Gasteiger partial charge in [-0.05, 0) is 74.9 Å². The number of anilines is 2. The van der Waals surface area contributed by atoms with Crippen LogP contribution in [-0.2, 0) is 19.1 Å². The fourth-order valence-electron chi connectivity index (χ4n) is 7.53. The number of aliphatic hydroxyl groups is 1. The fourth-order valence-corrected chi connectivity index (χ4v) is 7.80. The SMILES string of the molecule is CCOc1ccc(NC(=O)[C@H]2[C@H]3C(=O)N([C@@H](CO)[C@@H](C)CC)C(C(=O)Nc4c(C)cccc4Cl)C34CC[C@]2(CC)O4)cc1. The van der Waals surface area contributed by atoms with Gasteiger partial charge in [0.25, 0.3) is 0 Å². The van der Waals surface area contributed by atoms with Crippen molar-refractivity contribution in [3.63, 3.8) is 0 Å². The summed E-state index contributed by atoms with van der Waals surface area (Å²) in [6.07, 6.45) is 2.17. The van der Waals surface area contributed by atoms with Crippen molar-refractivity contribution < 1.29 is 29.0 Å². The summed E-state index contributed by atoms with van der Waals surface area (Å²) >= 11 is 6.48. The monoisotopic (exact) mass is 611 g/mol. The van der Waals surface area contributed by atoms with Gasteiger partial charge in [0.15, 0.2) is 0 Å². The van der Waals surface area contributed by atoms with Crippen LogP contribution in [0.3, 0.4) is 0 Å². The Bertz CT molecular complexity index is 1360. The molecule has 3 heterocycles. The Morgan fingerprint density at radius 1 is 1.12 bits per heavy atom. The van der Waals surface area contributed by atoms with E-state index in [1.54, 1.807) is 36.4 Å². The number of carbonyl (C=O) groups is 3. The predicted molar refractivity (Wildman–Crippen MR) is 165 cm³/mol. The van der Waals surface area contributed by atoms with Gasteiger partial charge in [0.2, 0.25) is 17.7 Å². The van der Waals surface area contributed by atoms with E-state index < -0.39 is 41.0 Å². The standard InChI is InChI=1S/C33H42ClN3O6/c1-6-19(4)24(18-38)37-28(30(40)36-27-20(5)10-9-11-23(27)34)33-17-16-32(7-2,43-33)25(26(33)31(37)41)29(39)35-21-12-14-22(15-13-21)42-8-3/h9-15,19,24-26,28,38H,6-8,16-18H2,1-5H3,(H,35,39)(H,36,40)/t19-,24-,25+,26-,28?,32-,33?/m0/s1. The van der Waals surface area contributed by atoms with Crippen molar-refractivity contribution >= 4 is 40.7 Å². The summed E-state index contributed by atoms with van der Waals surface area (Å²) in [6, 6.07) is 10.8. The van der Waals surface area contributed by atoms with Crippen LogP contribution in [0.5, 0.6) is 5.75 Å². The first kappa shape index (κ1) is 31.3. The summed E-state index contributed by atoms with van der Waals surface area (Å²) in [5.74, 6) is -2.20. The second kappa shape index (κ2) is 12.1. The number of nitrogens with zero attached hydrogens (tertiary/aromatic N) is 1. The molecular formula is C33H42ClN3O6. The van der Waals surface area contributed by atoms with Crippen molar-refractivity contribution in [1.82, 2.24) is 4.90 Å². The number of nitrogens with one attached hydrogen (secondary N) is 2. The van der Waals surface area contributed by atoms with Crippen LogP contribution in [0.1, 0.15) is 58.9 Å². The highest BCUT2D eigenvalue weighted by Gasteiger charge is 2.79. The topological polar surface area (TPSA) is 117 Å². The molecule has 3 aliphatic heterocycles. The first-order chi connectivity index (χ1) is 20.6. The molecule has 2 unspecified atom stereocenters. The van der Waals surface area contributed by atoms with Crippen molar-refractivity contribution in [1.29, 1.82) is 0 Å². The van der Waals surface area contributed by atoms with E-state index in [0.29, 0.717) is 54.4 Å². The third-order valence-corrected chi connectivity index (χ3v) is 10.2. The Hall–Kier alpha value is -3.14. The first-order valence-corrected chi connectivity index (χ1v) is 15.7. The molecule has 2 bridgehead atoms. The number of likely N-dealkylation sites (tertiary alicyclic amines) is 1. The Morgan fingerprint density at radius 3 is 2.44 bits per heavy atom. The number of halogens is 1. The van der Waals surface area contributed by atoms with E-state index in [4.69, 9.17) is 21.1 Å². The summed E-state index contributed by atoms with van der Waals surface area (Å²) in [4.78, 5) is 44.5. The molecule has 3 fully saturated rings. The number of rotatable bonds is 11. The lowest BCUT2D eigenvalue weighted by Gasteiger charge is -2.39. The quantitative estimate of drug-likeness (QED) is 0.322. The van der Waals surface area contributed by atoms with Crippen molar-refractivity contribution in [2.45, 2.75) is 83.6 Å². The lowest BCUT2D eigenvalue weighted by molar-refractivity contribution is -0.149. The van der Waals surface area contributed by atoms with Crippen molar-refractivity contribution in [3.05, 3.63) is 53.1 Å². The lowest BCUT2D eigenvalue weighted by atomic mass is 9.65. The molecule has 0 aromatic heterocycles. The van der Waals surface area contributed by atoms with E-state index in [0.717, 1.165) is 5.56 Å². The maximum absolute atomic E-state index is 14.6. The molecule has 3 N–H and O–H groups in total. The van der Waals surface area contributed by atoms with E-state index in [9.17, 15) is 19.5 Å². The van der Waals surface area contributed by atoms with Crippen LogP contribution >= 0.6 is 11.6 Å². The minimum Gasteiger partial charge on any atom is -0.494 e. The van der Waals surface area contributed by atoms with Crippen LogP contribution in [0.25, 0.3) is 0 Å². The number of benzene rings is 2. The molecule has 1 spiro atoms. The fraction of sp³-hybridized carbons (Fsp3) is 0.545. The molecule has 43 heavy (non-hydrogen) atoms. The number of fused-ring (bicyclic) bond motifs is 1. The van der Waals surface area contributed by atoms with E-state index in [1.807, 2.05) is 40.7 Å². The average Bonchev–Trinajstić information content (AvgIpc) is 3.60. The normalized spacial score (nSPS) is 28.9. The molecule has 3 saturated heterocycles. The minimum absolute atomic E-state index is 0.102. The number of hydrogen-bond donors (Lipinski definition) is 3. The largest absolute Gasteiger partial charge is 0.494 e. The number of amides is 3. The summed E-state index contributed by atoms with van der Waals surface area (Å²) in [7, 11) is 0. The highest BCUT2D eigenvalue weighted by Crippen LogP contribution is 2.65. The second-order valence-electron chi connectivity index (χ2n) is 12.1. The highest BCUT2D eigenvalue weighted by atomic mass is 35.5. The van der Waals surface area contributed by atoms with Gasteiger partial charge in [0.05, 0.1) is 47.4 Å². The van der Waals surface area contributed by atoms with E-state index in [1.165, 1.54) is 4.90 Å². The number of ether oxygens (including phenoxy) is 2. The molecule has 3 aliphatic rings. The highest BCUT2D eigenvalue weighted by molar-refractivity contribution is 6.34. The van der Waals surface area contributed by atoms with Gasteiger partial charge in [-0.3, -0.25) is 14.4 Å². The summed E-state index contributed by atoms with van der Waals surface area (Å²) in [6.45, 7) is 9.85. The molecule has 9 nitrogen and oxygen atoms in total. The zero-order valence-electron chi connectivity index (χ0n) is 25.5. The van der Waals surface area contributed by atoms with Crippen LogP contribution < -0.4 is 15.4 Å². The number of hydrogen-bond acceptors (Lipinski definition) is 6. The first-order valence-electron chi connectivity index (χ1n) is 15.3. The van der Waals surface area contributed by atoms with Gasteiger partial charge in [-0.25, -0.2) is 0 Å². The van der Waals surface area contributed by atoms with Crippen LogP contribution in [0, 0.1) is 24.7 Å². The van der Waals surface area contributed by atoms with Crippen molar-refractivity contribution in [2.75, 3.05) is 23.8 Å². The van der Waals surface area contributed by atoms with Gasteiger partial charge in [0.1, 0.15) is 17.4 Å². The summed E-state index contributed by atoms with van der Waals surface area (Å²) < 4.78 is 12.4. The molecule has 232 valence electrons.